The second-order valence-electron chi connectivity index (χ2n) is 6.32. The van der Waals surface area contributed by atoms with Crippen LogP contribution in [-0.4, -0.2) is 30.0 Å². The number of nitriles is 1. The third-order valence-corrected chi connectivity index (χ3v) is 5.27. The molecule has 2 N–H and O–H groups in total. The number of carbonyl (C=O) groups excluding carboxylic acids is 2. The van der Waals surface area contributed by atoms with E-state index in [1.54, 1.807) is 27.0 Å². The number of benzene rings is 1. The summed E-state index contributed by atoms with van der Waals surface area (Å²) in [6, 6.07) is 9.06. The molecule has 1 heterocycles. The summed E-state index contributed by atoms with van der Waals surface area (Å²) >= 11 is 1.09. The Balaban J connectivity index is 2.51. The van der Waals surface area contributed by atoms with Gasteiger partial charge in [0.1, 0.15) is 15.3 Å². The molecule has 0 radical (unpaired) electrons. The highest BCUT2D eigenvalue weighted by Crippen LogP contribution is 2.18. The summed E-state index contributed by atoms with van der Waals surface area (Å²) in [5.41, 5.74) is 6.63. The number of amides is 2. The van der Waals surface area contributed by atoms with Crippen LogP contribution in [0.2, 0.25) is 0 Å². The number of hydrogen-bond donors (Lipinski definition) is 2. The van der Waals surface area contributed by atoms with Crippen molar-refractivity contribution >= 4 is 46.0 Å². The second kappa shape index (κ2) is 10.8. The Kier molecular flexibility index (Phi) is 8.18. The van der Waals surface area contributed by atoms with Crippen LogP contribution in [0.1, 0.15) is 20.8 Å². The summed E-state index contributed by atoms with van der Waals surface area (Å²) in [4.78, 5) is 37.6. The van der Waals surface area contributed by atoms with Crippen LogP contribution in [0.25, 0.3) is 11.5 Å². The molecule has 0 atom stereocenters. The van der Waals surface area contributed by atoms with E-state index >= 15 is 0 Å². The summed E-state index contributed by atoms with van der Waals surface area (Å²) in [6.45, 7) is 5.77. The minimum absolute atomic E-state index is 0.0841. The summed E-state index contributed by atoms with van der Waals surface area (Å²) in [7, 11) is 1.68. The van der Waals surface area contributed by atoms with E-state index < -0.39 is 5.91 Å². The van der Waals surface area contributed by atoms with Gasteiger partial charge in [0.25, 0.3) is 11.5 Å². The SMILES string of the molecule is CCNC(=O)C(=C=c1sc(=C=CNc2cccc(N(C)C(C)=O)c2)c(=O)n1CC)C#N. The van der Waals surface area contributed by atoms with Gasteiger partial charge < -0.3 is 15.5 Å². The Hall–Kier alpha value is -3.82. The molecule has 0 saturated heterocycles. The monoisotopic (exact) mass is 437 g/mol. The van der Waals surface area contributed by atoms with E-state index in [4.69, 9.17) is 0 Å². The fourth-order valence-corrected chi connectivity index (χ4v) is 3.53. The Labute approximate surface area is 183 Å². The van der Waals surface area contributed by atoms with Gasteiger partial charge in [-0.2, -0.15) is 5.26 Å². The normalized spacial score (nSPS) is 9.65. The Morgan fingerprint density at radius 3 is 2.68 bits per heavy atom. The van der Waals surface area contributed by atoms with E-state index in [0.717, 1.165) is 22.7 Å². The van der Waals surface area contributed by atoms with Crippen molar-refractivity contribution < 1.29 is 9.59 Å². The summed E-state index contributed by atoms with van der Waals surface area (Å²) in [5, 5.41) is 14.8. The third-order valence-electron chi connectivity index (χ3n) is 4.26. The Morgan fingerprint density at radius 2 is 2.06 bits per heavy atom. The van der Waals surface area contributed by atoms with Crippen molar-refractivity contribution in [2.24, 2.45) is 0 Å². The summed E-state index contributed by atoms with van der Waals surface area (Å²) in [6.07, 6.45) is 1.50. The molecule has 9 heteroatoms. The lowest BCUT2D eigenvalue weighted by atomic mass is 10.2. The van der Waals surface area contributed by atoms with Crippen molar-refractivity contribution in [2.45, 2.75) is 27.3 Å². The van der Waals surface area contributed by atoms with Gasteiger partial charge in [-0.3, -0.25) is 19.0 Å². The molecule has 0 unspecified atom stereocenters. The van der Waals surface area contributed by atoms with Crippen molar-refractivity contribution in [3.8, 4) is 6.07 Å². The van der Waals surface area contributed by atoms with Gasteiger partial charge in [-0.05, 0) is 32.0 Å². The van der Waals surface area contributed by atoms with E-state index in [-0.39, 0.29) is 17.0 Å². The molecule has 0 fully saturated rings. The third kappa shape index (κ3) is 5.84. The quantitative estimate of drug-likeness (QED) is 0.515. The first kappa shape index (κ1) is 23.5. The van der Waals surface area contributed by atoms with Crippen LogP contribution in [0.3, 0.4) is 0 Å². The topological polar surface area (TPSA) is 107 Å². The largest absolute Gasteiger partial charge is 0.355 e. The standard InChI is InChI=1S/C22H23N5O3S/c1-5-24-21(29)16(14-23)12-20-27(6-2)22(30)19(31-20)10-11-25-17-8-7-9-18(13-17)26(4)15(3)28/h7-9,11,13,25H,5-6H2,1-4H3,(H,24,29). The van der Waals surface area contributed by atoms with Gasteiger partial charge in [-0.15, -0.1) is 0 Å². The number of aromatic nitrogens is 1. The molecular formula is C22H23N5O3S. The minimum Gasteiger partial charge on any atom is -0.355 e. The number of thiazole rings is 1. The molecule has 0 aliphatic carbocycles. The summed E-state index contributed by atoms with van der Waals surface area (Å²) < 4.78 is 2.11. The lowest BCUT2D eigenvalue weighted by Gasteiger charge is -2.15. The smallest absolute Gasteiger partial charge is 0.277 e. The van der Waals surface area contributed by atoms with Crippen molar-refractivity contribution in [2.75, 3.05) is 23.8 Å². The van der Waals surface area contributed by atoms with Gasteiger partial charge in [0, 0.05) is 44.6 Å². The molecule has 0 aliphatic heterocycles. The molecule has 0 saturated carbocycles. The lowest BCUT2D eigenvalue weighted by molar-refractivity contribution is -0.117. The fraction of sp³-hybridized carbons (Fsp3) is 0.273. The lowest BCUT2D eigenvalue weighted by Crippen LogP contribution is -2.30. The molecule has 0 aliphatic rings. The highest BCUT2D eigenvalue weighted by Gasteiger charge is 2.08. The van der Waals surface area contributed by atoms with E-state index in [9.17, 15) is 19.6 Å². The van der Waals surface area contributed by atoms with E-state index in [1.807, 2.05) is 24.3 Å². The first-order valence-corrected chi connectivity index (χ1v) is 10.4. The van der Waals surface area contributed by atoms with Gasteiger partial charge >= 0.3 is 0 Å². The zero-order valence-corrected chi connectivity index (χ0v) is 18.6. The maximum absolute atomic E-state index is 12.6. The molecular weight excluding hydrogens is 414 g/mol. The van der Waals surface area contributed by atoms with Crippen molar-refractivity contribution in [1.29, 1.82) is 5.26 Å². The highest BCUT2D eigenvalue weighted by molar-refractivity contribution is 7.07. The van der Waals surface area contributed by atoms with E-state index in [0.29, 0.717) is 22.3 Å². The van der Waals surface area contributed by atoms with Crippen molar-refractivity contribution in [3.05, 3.63) is 55.6 Å². The first-order valence-electron chi connectivity index (χ1n) is 9.57. The number of nitrogens with one attached hydrogen (secondary N) is 2. The Morgan fingerprint density at radius 1 is 1.32 bits per heavy atom. The molecule has 160 valence electrons. The average Bonchev–Trinajstić information content (AvgIpc) is 3.05. The number of anilines is 2. The van der Waals surface area contributed by atoms with Crippen LogP contribution in [0.15, 0.2) is 40.8 Å². The van der Waals surface area contributed by atoms with Gasteiger partial charge in [-0.1, -0.05) is 28.9 Å². The molecule has 31 heavy (non-hydrogen) atoms. The number of carbonyl (C=O) groups is 2. The fourth-order valence-electron chi connectivity index (χ4n) is 2.54. The van der Waals surface area contributed by atoms with Crippen LogP contribution >= 0.6 is 11.3 Å². The molecule has 0 spiro atoms. The zero-order valence-electron chi connectivity index (χ0n) is 17.8. The van der Waals surface area contributed by atoms with Gasteiger partial charge in [0.2, 0.25) is 5.91 Å². The van der Waals surface area contributed by atoms with Crippen molar-refractivity contribution in [3.63, 3.8) is 0 Å². The Bertz CT molecular complexity index is 1290. The van der Waals surface area contributed by atoms with E-state index in [2.05, 4.69) is 22.1 Å². The van der Waals surface area contributed by atoms with Crippen LogP contribution in [0.5, 0.6) is 0 Å². The zero-order chi connectivity index (χ0) is 23.0. The number of likely N-dealkylation sites (N-methyl/N-ethyl adjacent to an activating group) is 1. The molecule has 1 aromatic carbocycles. The van der Waals surface area contributed by atoms with Crippen LogP contribution < -0.4 is 30.3 Å². The average molecular weight is 438 g/mol. The molecule has 8 nitrogen and oxygen atoms in total. The van der Waals surface area contributed by atoms with Gasteiger partial charge in [0.15, 0.2) is 5.57 Å². The number of hydrogen-bond acceptors (Lipinski definition) is 6. The maximum atomic E-state index is 12.6. The molecule has 2 amide bonds. The predicted molar refractivity (Wildman–Crippen MR) is 122 cm³/mol. The molecule has 2 rings (SSSR count). The highest BCUT2D eigenvalue weighted by atomic mass is 32.1. The second-order valence-corrected chi connectivity index (χ2v) is 7.32. The molecule has 2 aromatic rings. The van der Waals surface area contributed by atoms with Crippen LogP contribution in [0.4, 0.5) is 11.4 Å². The van der Waals surface area contributed by atoms with Crippen LogP contribution in [0, 0.1) is 11.3 Å². The number of nitrogens with zero attached hydrogens (tertiary/aromatic N) is 3. The first-order chi connectivity index (χ1) is 14.8. The van der Waals surface area contributed by atoms with Crippen LogP contribution in [-0.2, 0) is 16.1 Å². The molecule has 1 aromatic heterocycles. The minimum atomic E-state index is -0.536. The number of rotatable bonds is 6. The van der Waals surface area contributed by atoms with Gasteiger partial charge in [0.05, 0.1) is 0 Å². The summed E-state index contributed by atoms with van der Waals surface area (Å²) in [5.74, 6) is -0.620. The maximum Gasteiger partial charge on any atom is 0.277 e. The molecule has 0 bridgehead atoms. The van der Waals surface area contributed by atoms with E-state index in [1.165, 1.54) is 22.6 Å². The van der Waals surface area contributed by atoms with Crippen molar-refractivity contribution in [1.82, 2.24) is 9.88 Å². The predicted octanol–water partition coefficient (Wildman–Crippen LogP) is 0.883. The van der Waals surface area contributed by atoms with Gasteiger partial charge in [-0.25, -0.2) is 0 Å².